The average molecular weight is 526 g/mol. The molecule has 8 nitrogen and oxygen atoms in total. The second-order valence-corrected chi connectivity index (χ2v) is 18.5. The minimum atomic E-state index is -3.76. The number of aromatic nitrogens is 4. The Morgan fingerprint density at radius 1 is 1.08 bits per heavy atom. The number of fused-ring (bicyclic) bond motifs is 2. The Morgan fingerprint density at radius 3 is 2.44 bits per heavy atom. The van der Waals surface area contributed by atoms with Crippen LogP contribution < -0.4 is 5.32 Å². The summed E-state index contributed by atoms with van der Waals surface area (Å²) >= 11 is 0. The van der Waals surface area contributed by atoms with Gasteiger partial charge in [-0.1, -0.05) is 31.8 Å². The average Bonchev–Trinajstić information content (AvgIpc) is 3.56. The van der Waals surface area contributed by atoms with Crippen LogP contribution in [0.3, 0.4) is 0 Å². The van der Waals surface area contributed by atoms with E-state index in [1.807, 2.05) is 0 Å². The normalized spacial score (nSPS) is 15.2. The number of benzene rings is 1. The fourth-order valence-electron chi connectivity index (χ4n) is 5.01. The predicted octanol–water partition coefficient (Wildman–Crippen LogP) is 4.68. The van der Waals surface area contributed by atoms with Crippen LogP contribution in [0.25, 0.3) is 0 Å². The maximum atomic E-state index is 13.2. The van der Waals surface area contributed by atoms with E-state index in [4.69, 9.17) is 4.74 Å². The fraction of sp³-hybridized carbons (Fsp3) is 0.500. The standard InChI is InChI=1S/C26H35N5O3SSi/c1-36(2,3)14-13-34-18-31-25(29-26(30-31)35(32,33)17-19-7-6-12-27-16-19)28-24-22-10-4-8-20(22)15-21-9-5-11-23(21)24/h6-7,12,15-16H,4-5,8-11,13-14,17-18H2,1-3H3,(H,28,29,30). The van der Waals surface area contributed by atoms with Crippen molar-refractivity contribution in [3.05, 3.63) is 58.4 Å². The summed E-state index contributed by atoms with van der Waals surface area (Å²) in [6.07, 6.45) is 9.71. The maximum absolute atomic E-state index is 13.2. The highest BCUT2D eigenvalue weighted by molar-refractivity contribution is 7.90. The zero-order valence-electron chi connectivity index (χ0n) is 21.4. The lowest BCUT2D eigenvalue weighted by Crippen LogP contribution is -2.22. The number of pyridine rings is 1. The van der Waals surface area contributed by atoms with E-state index in [1.54, 1.807) is 29.2 Å². The summed E-state index contributed by atoms with van der Waals surface area (Å²) in [7, 11) is -5.01. The third-order valence-electron chi connectivity index (χ3n) is 6.93. The van der Waals surface area contributed by atoms with Gasteiger partial charge in [-0.2, -0.15) is 4.98 Å². The number of nitrogens with zero attached hydrogens (tertiary/aromatic N) is 4. The number of hydrogen-bond donors (Lipinski definition) is 1. The molecule has 36 heavy (non-hydrogen) atoms. The first-order chi connectivity index (χ1) is 17.2. The molecule has 2 aliphatic carbocycles. The lowest BCUT2D eigenvalue weighted by molar-refractivity contribution is 0.0792. The number of nitrogens with one attached hydrogen (secondary N) is 1. The number of anilines is 2. The lowest BCUT2D eigenvalue weighted by atomic mass is 9.99. The first-order valence-electron chi connectivity index (χ1n) is 12.8. The van der Waals surface area contributed by atoms with Gasteiger partial charge in [0.25, 0.3) is 5.16 Å². The summed E-state index contributed by atoms with van der Waals surface area (Å²) in [5.74, 6) is 0.221. The highest BCUT2D eigenvalue weighted by Gasteiger charge is 2.28. The molecule has 0 atom stereocenters. The molecule has 0 fully saturated rings. The minimum absolute atomic E-state index is 0.152. The SMILES string of the molecule is C[Si](C)(C)CCOCn1nc(S(=O)(=O)Cc2cccnc2)nc1Nc1c2c(cc3c1CCC3)CCC2. The van der Waals surface area contributed by atoms with E-state index in [1.165, 1.54) is 22.3 Å². The van der Waals surface area contributed by atoms with Gasteiger partial charge in [0.05, 0.1) is 5.75 Å². The maximum Gasteiger partial charge on any atom is 0.269 e. The van der Waals surface area contributed by atoms with Crippen LogP contribution >= 0.6 is 0 Å². The molecular formula is C26H35N5O3SSi. The second kappa shape index (κ2) is 10.1. The molecule has 0 radical (unpaired) electrons. The van der Waals surface area contributed by atoms with Gasteiger partial charge in [-0.05, 0) is 78.5 Å². The van der Waals surface area contributed by atoms with Crippen molar-refractivity contribution in [1.82, 2.24) is 19.7 Å². The summed E-state index contributed by atoms with van der Waals surface area (Å²) in [6.45, 7) is 7.68. The Hall–Kier alpha value is -2.56. The van der Waals surface area contributed by atoms with E-state index < -0.39 is 17.9 Å². The molecule has 2 aliphatic rings. The van der Waals surface area contributed by atoms with Crippen LogP contribution in [0.4, 0.5) is 11.6 Å². The fourth-order valence-corrected chi connectivity index (χ4v) is 6.96. The van der Waals surface area contributed by atoms with Crippen LogP contribution in [0.5, 0.6) is 0 Å². The first kappa shape index (κ1) is 25.1. The summed E-state index contributed by atoms with van der Waals surface area (Å²) in [4.78, 5) is 8.55. The van der Waals surface area contributed by atoms with Crippen molar-refractivity contribution in [2.75, 3.05) is 11.9 Å². The van der Waals surface area contributed by atoms with Crippen molar-refractivity contribution in [2.24, 2.45) is 0 Å². The predicted molar refractivity (Wildman–Crippen MR) is 143 cm³/mol. The van der Waals surface area contributed by atoms with E-state index >= 15 is 0 Å². The Bertz CT molecular complexity index is 1320. The molecule has 3 aromatic rings. The van der Waals surface area contributed by atoms with E-state index in [-0.39, 0.29) is 17.6 Å². The van der Waals surface area contributed by atoms with Crippen LogP contribution in [-0.2, 0) is 52.7 Å². The van der Waals surface area contributed by atoms with Crippen molar-refractivity contribution in [2.45, 2.75) is 81.9 Å². The molecule has 0 saturated heterocycles. The van der Waals surface area contributed by atoms with Crippen molar-refractivity contribution >= 4 is 29.5 Å². The van der Waals surface area contributed by atoms with Crippen LogP contribution in [-0.4, -0.2) is 42.8 Å². The molecule has 0 unspecified atom stereocenters. The van der Waals surface area contributed by atoms with Gasteiger partial charge < -0.3 is 10.1 Å². The Balaban J connectivity index is 1.46. The zero-order chi connectivity index (χ0) is 25.3. The lowest BCUT2D eigenvalue weighted by Gasteiger charge is -2.18. The minimum Gasteiger partial charge on any atom is -0.359 e. The number of aryl methyl sites for hydroxylation is 2. The topological polar surface area (TPSA) is 99.0 Å². The molecule has 5 rings (SSSR count). The molecule has 2 heterocycles. The van der Waals surface area contributed by atoms with Gasteiger partial charge in [-0.3, -0.25) is 4.98 Å². The summed E-state index contributed by atoms with van der Waals surface area (Å²) in [5, 5.41) is 7.76. The van der Waals surface area contributed by atoms with Gasteiger partial charge in [0.15, 0.2) is 0 Å². The highest BCUT2D eigenvalue weighted by Crippen LogP contribution is 2.39. The summed E-state index contributed by atoms with van der Waals surface area (Å²) < 4.78 is 34.0. The monoisotopic (exact) mass is 525 g/mol. The molecule has 2 aromatic heterocycles. The molecule has 0 aliphatic heterocycles. The van der Waals surface area contributed by atoms with Crippen molar-refractivity contribution in [1.29, 1.82) is 0 Å². The molecule has 1 N–H and O–H groups in total. The summed E-state index contributed by atoms with van der Waals surface area (Å²) in [6, 6.07) is 6.88. The van der Waals surface area contributed by atoms with Gasteiger partial charge >= 0.3 is 0 Å². The largest absolute Gasteiger partial charge is 0.359 e. The first-order valence-corrected chi connectivity index (χ1v) is 18.1. The highest BCUT2D eigenvalue weighted by atomic mass is 32.2. The van der Waals surface area contributed by atoms with Gasteiger partial charge in [-0.15, -0.1) is 5.10 Å². The second-order valence-electron chi connectivity index (χ2n) is 11.0. The van der Waals surface area contributed by atoms with Crippen LogP contribution in [0.15, 0.2) is 35.7 Å². The van der Waals surface area contributed by atoms with Crippen molar-refractivity contribution in [3.8, 4) is 0 Å². The number of ether oxygens (including phenoxy) is 1. The molecule has 0 amide bonds. The van der Waals surface area contributed by atoms with Gasteiger partial charge in [0.1, 0.15) is 6.73 Å². The van der Waals surface area contributed by atoms with E-state index in [2.05, 4.69) is 46.1 Å². The molecule has 0 saturated carbocycles. The quantitative estimate of drug-likeness (QED) is 0.303. The van der Waals surface area contributed by atoms with Crippen LogP contribution in [0, 0.1) is 0 Å². The Labute approximate surface area is 214 Å². The number of rotatable bonds is 10. The van der Waals surface area contributed by atoms with Crippen LogP contribution in [0.1, 0.15) is 40.7 Å². The third-order valence-corrected chi connectivity index (χ3v) is 10.1. The van der Waals surface area contributed by atoms with E-state index in [9.17, 15) is 8.42 Å². The summed E-state index contributed by atoms with van der Waals surface area (Å²) in [5.41, 5.74) is 7.19. The van der Waals surface area contributed by atoms with Crippen molar-refractivity contribution < 1.29 is 13.2 Å². The van der Waals surface area contributed by atoms with E-state index in [0.717, 1.165) is 50.3 Å². The van der Waals surface area contributed by atoms with Gasteiger partial charge in [-0.25, -0.2) is 13.1 Å². The molecular weight excluding hydrogens is 490 g/mol. The molecule has 10 heteroatoms. The van der Waals surface area contributed by atoms with Crippen molar-refractivity contribution in [3.63, 3.8) is 0 Å². The van der Waals surface area contributed by atoms with E-state index in [0.29, 0.717) is 18.1 Å². The third kappa shape index (κ3) is 5.55. The zero-order valence-corrected chi connectivity index (χ0v) is 23.2. The van der Waals surface area contributed by atoms with Gasteiger partial charge in [0, 0.05) is 32.8 Å². The number of hydrogen-bond acceptors (Lipinski definition) is 7. The Kier molecular flexibility index (Phi) is 7.02. The van der Waals surface area contributed by atoms with Gasteiger partial charge in [0.2, 0.25) is 15.8 Å². The molecule has 0 spiro atoms. The molecule has 192 valence electrons. The number of sulfone groups is 1. The smallest absolute Gasteiger partial charge is 0.269 e. The van der Waals surface area contributed by atoms with Crippen LogP contribution in [0.2, 0.25) is 25.7 Å². The molecule has 0 bridgehead atoms. The Morgan fingerprint density at radius 2 is 1.81 bits per heavy atom. The molecule has 1 aromatic carbocycles.